The molecule has 0 aliphatic carbocycles. The van der Waals surface area contributed by atoms with Gasteiger partial charge in [0.2, 0.25) is 0 Å². The van der Waals surface area contributed by atoms with Crippen LogP contribution in [0.1, 0.15) is 64.6 Å². The van der Waals surface area contributed by atoms with Gasteiger partial charge in [-0.1, -0.05) is 20.8 Å². The fourth-order valence-electron chi connectivity index (χ4n) is 2.45. The molecule has 0 spiro atoms. The van der Waals surface area contributed by atoms with Crippen LogP contribution in [0.2, 0.25) is 0 Å². The van der Waals surface area contributed by atoms with Crippen LogP contribution >= 0.6 is 0 Å². The smallest absolute Gasteiger partial charge is 0.150 e. The lowest BCUT2D eigenvalue weighted by Crippen LogP contribution is -2.32. The van der Waals surface area contributed by atoms with Crippen molar-refractivity contribution in [1.82, 2.24) is 0 Å². The summed E-state index contributed by atoms with van der Waals surface area (Å²) >= 11 is 0. The number of carbonyl (C=O) groups is 2. The van der Waals surface area contributed by atoms with Crippen LogP contribution in [0.4, 0.5) is 0 Å². The molecule has 0 aliphatic heterocycles. The molecule has 0 saturated carbocycles. The van der Waals surface area contributed by atoms with Crippen LogP contribution in [0.25, 0.3) is 0 Å². The van der Waals surface area contributed by atoms with E-state index in [4.69, 9.17) is 15.3 Å². The Morgan fingerprint density at radius 1 is 0.958 bits per heavy atom. The average Bonchev–Trinajstić information content (AvgIpc) is 2.64. The molecule has 0 bridgehead atoms. The summed E-state index contributed by atoms with van der Waals surface area (Å²) < 4.78 is 0. The minimum Gasteiger partial charge on any atom is -0.396 e. The molecule has 136 valence electrons. The van der Waals surface area contributed by atoms with Gasteiger partial charge in [0.25, 0.3) is 0 Å². The Balaban J connectivity index is 0.000000506. The third-order valence-electron chi connectivity index (χ3n) is 4.62. The number of aryl methyl sites for hydroxylation is 1. The van der Waals surface area contributed by atoms with Crippen molar-refractivity contribution >= 4 is 12.6 Å². The summed E-state index contributed by atoms with van der Waals surface area (Å²) in [6.45, 7) is 7.25. The summed E-state index contributed by atoms with van der Waals surface area (Å²) in [5.74, 6) is 0. The maximum absolute atomic E-state index is 11.0. The lowest BCUT2D eigenvalue weighted by molar-refractivity contribution is 0.00304. The maximum atomic E-state index is 11.0. The molecule has 1 rings (SSSR count). The normalized spacial score (nSPS) is 10.8. The standard InChI is InChI=1S/C13H16O2.C6H14O3/c1-4-10-6-11(7-14)9(3)12(5-2)13(10)8-15;1-2-6(3-7,4-8)5-9/h6-8H,4-5H2,1-3H3;7-9H,2-5H2,1H3. The van der Waals surface area contributed by atoms with Crippen LogP contribution < -0.4 is 0 Å². The molecule has 0 unspecified atom stereocenters. The molecular formula is C19H30O5. The van der Waals surface area contributed by atoms with Gasteiger partial charge in [0.05, 0.1) is 19.8 Å². The number of aldehydes is 2. The average molecular weight is 338 g/mol. The molecule has 0 fully saturated rings. The summed E-state index contributed by atoms with van der Waals surface area (Å²) in [6.07, 6.45) is 3.93. The number of rotatable bonds is 8. The number of hydrogen-bond acceptors (Lipinski definition) is 5. The van der Waals surface area contributed by atoms with Crippen molar-refractivity contribution in [2.24, 2.45) is 5.41 Å². The third-order valence-corrected chi connectivity index (χ3v) is 4.62. The molecule has 0 saturated heterocycles. The van der Waals surface area contributed by atoms with Crippen molar-refractivity contribution in [2.45, 2.75) is 47.0 Å². The number of hydrogen-bond donors (Lipinski definition) is 3. The summed E-state index contributed by atoms with van der Waals surface area (Å²) in [5.41, 5.74) is 3.71. The Labute approximate surface area is 144 Å². The first-order chi connectivity index (χ1) is 11.4. The first-order valence-electron chi connectivity index (χ1n) is 8.32. The highest BCUT2D eigenvalue weighted by Gasteiger charge is 2.24. The Hall–Kier alpha value is -1.56. The van der Waals surface area contributed by atoms with E-state index in [-0.39, 0.29) is 19.8 Å². The first kappa shape index (κ1) is 22.4. The molecule has 3 N–H and O–H groups in total. The van der Waals surface area contributed by atoms with Crippen LogP contribution in [-0.4, -0.2) is 47.7 Å². The number of benzene rings is 1. The molecule has 0 amide bonds. The highest BCUT2D eigenvalue weighted by atomic mass is 16.3. The predicted molar refractivity (Wildman–Crippen MR) is 94.7 cm³/mol. The van der Waals surface area contributed by atoms with E-state index in [1.807, 2.05) is 33.8 Å². The van der Waals surface area contributed by atoms with E-state index in [1.54, 1.807) is 0 Å². The highest BCUT2D eigenvalue weighted by molar-refractivity contribution is 5.86. The Morgan fingerprint density at radius 3 is 1.75 bits per heavy atom. The van der Waals surface area contributed by atoms with Crippen molar-refractivity contribution in [3.63, 3.8) is 0 Å². The minimum absolute atomic E-state index is 0.156. The number of aliphatic hydroxyl groups excluding tert-OH is 3. The van der Waals surface area contributed by atoms with Crippen LogP contribution in [0, 0.1) is 12.3 Å². The molecule has 5 heteroatoms. The first-order valence-corrected chi connectivity index (χ1v) is 8.32. The van der Waals surface area contributed by atoms with Gasteiger partial charge < -0.3 is 15.3 Å². The molecule has 0 radical (unpaired) electrons. The second-order valence-corrected chi connectivity index (χ2v) is 5.91. The maximum Gasteiger partial charge on any atom is 0.150 e. The van der Waals surface area contributed by atoms with Crippen molar-refractivity contribution in [3.05, 3.63) is 33.9 Å². The number of carbonyl (C=O) groups excluding carboxylic acids is 2. The van der Waals surface area contributed by atoms with Gasteiger partial charge in [-0.2, -0.15) is 0 Å². The largest absolute Gasteiger partial charge is 0.396 e. The van der Waals surface area contributed by atoms with Gasteiger partial charge in [0.15, 0.2) is 6.29 Å². The molecule has 5 nitrogen and oxygen atoms in total. The zero-order chi connectivity index (χ0) is 18.8. The van der Waals surface area contributed by atoms with E-state index >= 15 is 0 Å². The molecule has 0 aliphatic rings. The van der Waals surface area contributed by atoms with Gasteiger partial charge in [-0.25, -0.2) is 0 Å². The Morgan fingerprint density at radius 2 is 1.50 bits per heavy atom. The second kappa shape index (κ2) is 11.1. The minimum atomic E-state index is -0.667. The topological polar surface area (TPSA) is 94.8 Å². The molecule has 0 heterocycles. The van der Waals surface area contributed by atoms with Crippen LogP contribution in [-0.2, 0) is 12.8 Å². The van der Waals surface area contributed by atoms with E-state index in [2.05, 4.69) is 0 Å². The van der Waals surface area contributed by atoms with E-state index in [0.717, 1.165) is 47.7 Å². The van der Waals surface area contributed by atoms with Gasteiger partial charge in [-0.05, 0) is 48.9 Å². The van der Waals surface area contributed by atoms with E-state index < -0.39 is 5.41 Å². The summed E-state index contributed by atoms with van der Waals surface area (Å²) in [6, 6.07) is 1.82. The third kappa shape index (κ3) is 5.23. The van der Waals surface area contributed by atoms with E-state index in [9.17, 15) is 9.59 Å². The molecular weight excluding hydrogens is 308 g/mol. The SMILES string of the molecule is CCC(CO)(CO)CO.CCc1cc(C=O)c(C)c(CC)c1C=O. The van der Waals surface area contributed by atoms with Gasteiger partial charge in [-0.3, -0.25) is 9.59 Å². The summed E-state index contributed by atoms with van der Waals surface area (Å²) in [7, 11) is 0. The molecule has 0 atom stereocenters. The van der Waals surface area contributed by atoms with E-state index in [0.29, 0.717) is 12.0 Å². The zero-order valence-corrected chi connectivity index (χ0v) is 15.1. The Kier molecular flexibility index (Phi) is 10.4. The number of aliphatic hydroxyl groups is 3. The van der Waals surface area contributed by atoms with Gasteiger partial charge in [0, 0.05) is 16.5 Å². The van der Waals surface area contributed by atoms with Crippen molar-refractivity contribution in [3.8, 4) is 0 Å². The second-order valence-electron chi connectivity index (χ2n) is 5.91. The zero-order valence-electron chi connectivity index (χ0n) is 15.1. The van der Waals surface area contributed by atoms with E-state index in [1.165, 1.54) is 0 Å². The lowest BCUT2D eigenvalue weighted by Gasteiger charge is -2.24. The molecule has 1 aromatic carbocycles. The Bertz CT molecular complexity index is 516. The fourth-order valence-corrected chi connectivity index (χ4v) is 2.45. The lowest BCUT2D eigenvalue weighted by atomic mass is 9.88. The molecule has 24 heavy (non-hydrogen) atoms. The monoisotopic (exact) mass is 338 g/mol. The van der Waals surface area contributed by atoms with Crippen LogP contribution in [0.3, 0.4) is 0 Å². The summed E-state index contributed by atoms with van der Waals surface area (Å²) in [4.78, 5) is 21.9. The van der Waals surface area contributed by atoms with Gasteiger partial charge >= 0.3 is 0 Å². The summed E-state index contributed by atoms with van der Waals surface area (Å²) in [5, 5.41) is 26.0. The van der Waals surface area contributed by atoms with Crippen molar-refractivity contribution < 1.29 is 24.9 Å². The quantitative estimate of drug-likeness (QED) is 0.631. The van der Waals surface area contributed by atoms with Crippen LogP contribution in [0.15, 0.2) is 6.07 Å². The predicted octanol–water partition coefficient (Wildman–Crippen LogP) is 2.10. The van der Waals surface area contributed by atoms with Gasteiger partial charge in [0.1, 0.15) is 6.29 Å². The highest BCUT2D eigenvalue weighted by Crippen LogP contribution is 2.22. The molecule has 0 aromatic heterocycles. The van der Waals surface area contributed by atoms with Crippen LogP contribution in [0.5, 0.6) is 0 Å². The van der Waals surface area contributed by atoms with Crippen molar-refractivity contribution in [2.75, 3.05) is 19.8 Å². The van der Waals surface area contributed by atoms with Crippen molar-refractivity contribution in [1.29, 1.82) is 0 Å². The molecule has 1 aromatic rings. The fraction of sp³-hybridized carbons (Fsp3) is 0.579. The van der Waals surface area contributed by atoms with Gasteiger partial charge in [-0.15, -0.1) is 0 Å².